The molecule has 0 saturated heterocycles. The fourth-order valence-corrected chi connectivity index (χ4v) is 3.41. The van der Waals surface area contributed by atoms with Gasteiger partial charge in [-0.25, -0.2) is 14.8 Å². The molecule has 0 aliphatic rings. The summed E-state index contributed by atoms with van der Waals surface area (Å²) in [5, 5.41) is 12.0. The number of nitrogens with zero attached hydrogens (tertiary/aromatic N) is 3. The number of aromatic nitrogens is 3. The van der Waals surface area contributed by atoms with Crippen LogP contribution in [0.2, 0.25) is 0 Å². The molecule has 21 heavy (non-hydrogen) atoms. The van der Waals surface area contributed by atoms with Crippen LogP contribution in [0.4, 0.5) is 0 Å². The second-order valence-electron chi connectivity index (χ2n) is 5.40. The van der Waals surface area contributed by atoms with E-state index in [1.54, 1.807) is 29.7 Å². The number of aryl methyl sites for hydroxylation is 1. The van der Waals surface area contributed by atoms with Gasteiger partial charge in [-0.1, -0.05) is 0 Å². The average molecular weight is 301 g/mol. The van der Waals surface area contributed by atoms with Gasteiger partial charge < -0.3 is 9.67 Å². The highest BCUT2D eigenvalue weighted by atomic mass is 32.1. The number of carboxylic acids is 1. The van der Waals surface area contributed by atoms with Gasteiger partial charge in [-0.3, -0.25) is 0 Å². The van der Waals surface area contributed by atoms with Crippen LogP contribution in [0.1, 0.15) is 35.0 Å². The van der Waals surface area contributed by atoms with Crippen LogP contribution in [0.25, 0.3) is 11.0 Å². The largest absolute Gasteiger partial charge is 0.478 e. The predicted molar refractivity (Wildman–Crippen MR) is 82.0 cm³/mol. The van der Waals surface area contributed by atoms with Crippen LogP contribution in [-0.2, 0) is 5.54 Å². The van der Waals surface area contributed by atoms with Crippen LogP contribution >= 0.6 is 11.3 Å². The summed E-state index contributed by atoms with van der Waals surface area (Å²) in [7, 11) is 0. The second kappa shape index (κ2) is 4.66. The van der Waals surface area contributed by atoms with Gasteiger partial charge in [-0.05, 0) is 39.0 Å². The number of carbonyl (C=O) groups is 1. The highest BCUT2D eigenvalue weighted by Crippen LogP contribution is 2.32. The molecule has 0 amide bonds. The first kappa shape index (κ1) is 13.8. The topological polar surface area (TPSA) is 68.0 Å². The maximum absolute atomic E-state index is 11.1. The lowest BCUT2D eigenvalue weighted by molar-refractivity contribution is 0.0697. The van der Waals surface area contributed by atoms with Gasteiger partial charge in [-0.2, -0.15) is 0 Å². The first-order valence-electron chi connectivity index (χ1n) is 6.54. The molecule has 0 fully saturated rings. The van der Waals surface area contributed by atoms with Crippen molar-refractivity contribution in [2.45, 2.75) is 26.3 Å². The summed E-state index contributed by atoms with van der Waals surface area (Å²) in [4.78, 5) is 20.0. The molecule has 0 spiro atoms. The number of hydrogen-bond donors (Lipinski definition) is 1. The zero-order chi connectivity index (χ0) is 15.2. The Morgan fingerprint density at radius 1 is 1.38 bits per heavy atom. The quantitative estimate of drug-likeness (QED) is 0.806. The highest BCUT2D eigenvalue weighted by molar-refractivity contribution is 7.09. The van der Waals surface area contributed by atoms with Gasteiger partial charge >= 0.3 is 5.97 Å². The molecule has 0 aliphatic heterocycles. The van der Waals surface area contributed by atoms with Crippen LogP contribution < -0.4 is 0 Å². The third-order valence-electron chi connectivity index (χ3n) is 3.58. The Morgan fingerprint density at radius 3 is 2.76 bits per heavy atom. The Bertz CT molecular complexity index is 819. The van der Waals surface area contributed by atoms with E-state index in [4.69, 9.17) is 5.11 Å². The lowest BCUT2D eigenvalue weighted by Crippen LogP contribution is -2.28. The number of rotatable bonds is 3. The first-order valence-corrected chi connectivity index (χ1v) is 7.42. The maximum atomic E-state index is 11.1. The summed E-state index contributed by atoms with van der Waals surface area (Å²) in [5.41, 5.74) is 1.52. The van der Waals surface area contributed by atoms with Gasteiger partial charge in [0.25, 0.3) is 0 Å². The second-order valence-corrected chi connectivity index (χ2v) is 6.29. The third-order valence-corrected chi connectivity index (χ3v) is 4.67. The molecule has 5 nitrogen and oxygen atoms in total. The molecule has 2 heterocycles. The van der Waals surface area contributed by atoms with Crippen molar-refractivity contribution in [1.29, 1.82) is 0 Å². The van der Waals surface area contributed by atoms with E-state index in [2.05, 4.69) is 28.4 Å². The van der Waals surface area contributed by atoms with Gasteiger partial charge in [-0.15, -0.1) is 11.3 Å². The van der Waals surface area contributed by atoms with Crippen molar-refractivity contribution < 1.29 is 9.90 Å². The summed E-state index contributed by atoms with van der Waals surface area (Å²) < 4.78 is 2.10. The molecule has 3 rings (SSSR count). The van der Waals surface area contributed by atoms with Crippen molar-refractivity contribution in [2.24, 2.45) is 0 Å². The van der Waals surface area contributed by atoms with Gasteiger partial charge in [0.05, 0.1) is 22.1 Å². The number of hydrogen-bond acceptors (Lipinski definition) is 4. The van der Waals surface area contributed by atoms with Crippen LogP contribution in [0.3, 0.4) is 0 Å². The predicted octanol–water partition coefficient (Wildman–Crippen LogP) is 3.28. The molecular formula is C15H15N3O2S. The first-order chi connectivity index (χ1) is 9.91. The maximum Gasteiger partial charge on any atom is 0.335 e. The molecular weight excluding hydrogens is 286 g/mol. The standard InChI is InChI=1S/C15H15N3O2S/c1-9-17-11-8-10(13(19)20)4-5-12(11)18(9)15(2,3)14-16-6-7-21-14/h4-8H,1-3H3,(H,19,20). The minimum atomic E-state index is -0.941. The van der Waals surface area contributed by atoms with Gasteiger partial charge in [0.1, 0.15) is 10.8 Å². The zero-order valence-electron chi connectivity index (χ0n) is 12.0. The molecule has 0 bridgehead atoms. The highest BCUT2D eigenvalue weighted by Gasteiger charge is 2.29. The monoisotopic (exact) mass is 301 g/mol. The number of imidazole rings is 1. The Labute approximate surface area is 125 Å². The lowest BCUT2D eigenvalue weighted by atomic mass is 10.1. The molecule has 1 N–H and O–H groups in total. The van der Waals surface area contributed by atoms with Crippen molar-refractivity contribution in [3.63, 3.8) is 0 Å². The molecule has 6 heteroatoms. The van der Waals surface area contributed by atoms with E-state index in [-0.39, 0.29) is 11.1 Å². The van der Waals surface area contributed by atoms with E-state index < -0.39 is 5.97 Å². The Hall–Kier alpha value is -2.21. The van der Waals surface area contributed by atoms with E-state index in [0.29, 0.717) is 5.52 Å². The smallest absolute Gasteiger partial charge is 0.335 e. The van der Waals surface area contributed by atoms with Crippen molar-refractivity contribution in [3.05, 3.63) is 46.2 Å². The fraction of sp³-hybridized carbons (Fsp3) is 0.267. The molecule has 0 aliphatic carbocycles. The average Bonchev–Trinajstić information content (AvgIpc) is 3.04. The van der Waals surface area contributed by atoms with Crippen molar-refractivity contribution in [3.8, 4) is 0 Å². The van der Waals surface area contributed by atoms with E-state index in [0.717, 1.165) is 16.3 Å². The third kappa shape index (κ3) is 2.12. The van der Waals surface area contributed by atoms with Gasteiger partial charge in [0.2, 0.25) is 0 Å². The minimum absolute atomic E-state index is 0.249. The number of fused-ring (bicyclic) bond motifs is 1. The number of carboxylic acid groups (broad SMARTS) is 1. The Morgan fingerprint density at radius 2 is 2.14 bits per heavy atom. The molecule has 2 aromatic heterocycles. The van der Waals surface area contributed by atoms with Crippen LogP contribution in [0.5, 0.6) is 0 Å². The van der Waals surface area contributed by atoms with Gasteiger partial charge in [0, 0.05) is 11.6 Å². The summed E-state index contributed by atoms with van der Waals surface area (Å²) in [6.45, 7) is 6.10. The van der Waals surface area contributed by atoms with Crippen molar-refractivity contribution in [1.82, 2.24) is 14.5 Å². The zero-order valence-corrected chi connectivity index (χ0v) is 12.8. The molecule has 0 atom stereocenters. The summed E-state index contributed by atoms with van der Waals surface area (Å²) >= 11 is 1.60. The number of benzene rings is 1. The number of aromatic carboxylic acids is 1. The molecule has 0 radical (unpaired) electrons. The fourth-order valence-electron chi connectivity index (χ4n) is 2.66. The summed E-state index contributed by atoms with van der Waals surface area (Å²) in [5.74, 6) is -0.101. The van der Waals surface area contributed by atoms with Crippen molar-refractivity contribution in [2.75, 3.05) is 0 Å². The van der Waals surface area contributed by atoms with Crippen LogP contribution in [-0.4, -0.2) is 25.6 Å². The van der Waals surface area contributed by atoms with Crippen molar-refractivity contribution >= 4 is 28.3 Å². The molecule has 0 saturated carbocycles. The Kier molecular flexibility index (Phi) is 3.06. The van der Waals surface area contributed by atoms with E-state index >= 15 is 0 Å². The minimum Gasteiger partial charge on any atom is -0.478 e. The molecule has 108 valence electrons. The van der Waals surface area contributed by atoms with E-state index in [1.165, 1.54) is 0 Å². The van der Waals surface area contributed by atoms with E-state index in [1.807, 2.05) is 18.4 Å². The molecule has 1 aromatic carbocycles. The van der Waals surface area contributed by atoms with Gasteiger partial charge in [0.15, 0.2) is 0 Å². The molecule has 0 unspecified atom stereocenters. The molecule has 3 aromatic rings. The number of thiazole rings is 1. The van der Waals surface area contributed by atoms with E-state index in [9.17, 15) is 4.79 Å². The normalized spacial score (nSPS) is 12.0. The summed E-state index contributed by atoms with van der Waals surface area (Å²) in [6, 6.07) is 5.04. The lowest BCUT2D eigenvalue weighted by Gasteiger charge is -2.26. The summed E-state index contributed by atoms with van der Waals surface area (Å²) in [6.07, 6.45) is 1.79. The van der Waals surface area contributed by atoms with Crippen LogP contribution in [0, 0.1) is 6.92 Å². The van der Waals surface area contributed by atoms with Crippen LogP contribution in [0.15, 0.2) is 29.8 Å². The Balaban J connectivity index is 2.24. The SMILES string of the molecule is Cc1nc2cc(C(=O)O)ccc2n1C(C)(C)c1nccs1.